The van der Waals surface area contributed by atoms with Crippen molar-refractivity contribution in [3.63, 3.8) is 0 Å². The van der Waals surface area contributed by atoms with Crippen LogP contribution in [0.4, 0.5) is 13.2 Å². The minimum atomic E-state index is -4.31. The fourth-order valence-corrected chi connectivity index (χ4v) is 3.79. The number of nitrogens with one attached hydrogen (secondary N) is 1. The summed E-state index contributed by atoms with van der Waals surface area (Å²) in [6.45, 7) is 3.10. The molecule has 0 aliphatic carbocycles. The lowest BCUT2D eigenvalue weighted by molar-refractivity contribution is -0.137. The van der Waals surface area contributed by atoms with Crippen molar-refractivity contribution in [3.05, 3.63) is 28.8 Å². The van der Waals surface area contributed by atoms with Gasteiger partial charge in [0.05, 0.1) is 21.8 Å². The Hall–Kier alpha value is -1.14. The Labute approximate surface area is 119 Å². The fourth-order valence-electron chi connectivity index (χ4n) is 2.63. The van der Waals surface area contributed by atoms with E-state index in [1.54, 1.807) is 0 Å². The smallest absolute Gasteiger partial charge is 0.308 e. The zero-order chi connectivity index (χ0) is 14.3. The standard InChI is InChI=1S/C14H15F3N2S/c1-8-3-2-6-18-12(8)13-19-10-7-9(14(15,16)17)4-5-11(10)20-13/h4-5,7-8,12,18H,2-3,6H2,1H3. The van der Waals surface area contributed by atoms with Crippen molar-refractivity contribution in [1.82, 2.24) is 10.3 Å². The van der Waals surface area contributed by atoms with Gasteiger partial charge in [0.25, 0.3) is 0 Å². The van der Waals surface area contributed by atoms with Crippen LogP contribution in [0, 0.1) is 5.92 Å². The van der Waals surface area contributed by atoms with E-state index < -0.39 is 11.7 Å². The summed E-state index contributed by atoms with van der Waals surface area (Å²) in [6, 6.07) is 3.95. The Balaban J connectivity index is 1.98. The van der Waals surface area contributed by atoms with Crippen LogP contribution >= 0.6 is 11.3 Å². The molecule has 108 valence electrons. The molecule has 2 aromatic rings. The van der Waals surface area contributed by atoms with Crippen molar-refractivity contribution in [2.75, 3.05) is 6.54 Å². The molecule has 2 unspecified atom stereocenters. The maximum Gasteiger partial charge on any atom is 0.416 e. The lowest BCUT2D eigenvalue weighted by Crippen LogP contribution is -2.32. The third kappa shape index (κ3) is 2.54. The molecule has 1 aromatic carbocycles. The van der Waals surface area contributed by atoms with E-state index in [-0.39, 0.29) is 6.04 Å². The molecule has 1 saturated heterocycles. The van der Waals surface area contributed by atoms with Gasteiger partial charge in [-0.3, -0.25) is 0 Å². The SMILES string of the molecule is CC1CCCNC1c1nc2cc(C(F)(F)F)ccc2s1. The van der Waals surface area contributed by atoms with Crippen LogP contribution in [0.15, 0.2) is 18.2 Å². The first-order chi connectivity index (χ1) is 9.45. The molecular formula is C14H15F3N2S. The van der Waals surface area contributed by atoms with Crippen LogP contribution in [-0.2, 0) is 6.18 Å². The van der Waals surface area contributed by atoms with Gasteiger partial charge in [-0.05, 0) is 43.5 Å². The summed E-state index contributed by atoms with van der Waals surface area (Å²) >= 11 is 1.49. The van der Waals surface area contributed by atoms with E-state index in [1.165, 1.54) is 17.4 Å². The molecule has 0 amide bonds. The van der Waals surface area contributed by atoms with Crippen molar-refractivity contribution < 1.29 is 13.2 Å². The summed E-state index contributed by atoms with van der Waals surface area (Å²) in [6.07, 6.45) is -2.05. The number of halogens is 3. The molecule has 1 aliphatic heterocycles. The average molecular weight is 300 g/mol. The molecule has 2 atom stereocenters. The molecule has 1 aliphatic rings. The van der Waals surface area contributed by atoms with Crippen LogP contribution in [0.3, 0.4) is 0 Å². The normalized spacial score (nSPS) is 24.2. The molecule has 3 rings (SSSR count). The van der Waals surface area contributed by atoms with Crippen LogP contribution < -0.4 is 5.32 Å². The molecule has 0 spiro atoms. The minimum Gasteiger partial charge on any atom is -0.308 e. The molecule has 0 bridgehead atoms. The van der Waals surface area contributed by atoms with Gasteiger partial charge in [0, 0.05) is 0 Å². The molecule has 1 fully saturated rings. The zero-order valence-corrected chi connectivity index (χ0v) is 11.8. The third-order valence-corrected chi connectivity index (χ3v) is 4.89. The van der Waals surface area contributed by atoms with Gasteiger partial charge in [-0.2, -0.15) is 13.2 Å². The van der Waals surface area contributed by atoms with E-state index in [0.717, 1.165) is 41.2 Å². The number of piperidine rings is 1. The third-order valence-electron chi connectivity index (χ3n) is 3.77. The quantitative estimate of drug-likeness (QED) is 0.845. The highest BCUT2D eigenvalue weighted by atomic mass is 32.1. The number of alkyl halides is 3. The van der Waals surface area contributed by atoms with Gasteiger partial charge in [-0.1, -0.05) is 6.92 Å². The van der Waals surface area contributed by atoms with E-state index in [2.05, 4.69) is 17.2 Å². The molecular weight excluding hydrogens is 285 g/mol. The summed E-state index contributed by atoms with van der Waals surface area (Å²) in [7, 11) is 0. The Morgan fingerprint density at radius 3 is 2.85 bits per heavy atom. The minimum absolute atomic E-state index is 0.162. The van der Waals surface area contributed by atoms with Gasteiger partial charge in [-0.15, -0.1) is 11.3 Å². The highest BCUT2D eigenvalue weighted by Gasteiger charge is 2.31. The van der Waals surface area contributed by atoms with E-state index in [0.29, 0.717) is 11.4 Å². The number of thiazole rings is 1. The van der Waals surface area contributed by atoms with Gasteiger partial charge >= 0.3 is 6.18 Å². The summed E-state index contributed by atoms with van der Waals surface area (Å²) in [4.78, 5) is 4.42. The zero-order valence-electron chi connectivity index (χ0n) is 11.0. The van der Waals surface area contributed by atoms with E-state index in [9.17, 15) is 13.2 Å². The van der Waals surface area contributed by atoms with Crippen molar-refractivity contribution in [2.45, 2.75) is 32.0 Å². The molecule has 20 heavy (non-hydrogen) atoms. The topological polar surface area (TPSA) is 24.9 Å². The van der Waals surface area contributed by atoms with Gasteiger partial charge in [0.15, 0.2) is 0 Å². The summed E-state index contributed by atoms with van der Waals surface area (Å²) in [5.74, 6) is 0.464. The Morgan fingerprint density at radius 2 is 2.15 bits per heavy atom. The lowest BCUT2D eigenvalue weighted by Gasteiger charge is -2.28. The first-order valence-corrected chi connectivity index (χ1v) is 7.48. The number of hydrogen-bond donors (Lipinski definition) is 1. The van der Waals surface area contributed by atoms with Gasteiger partial charge < -0.3 is 5.32 Å². The van der Waals surface area contributed by atoms with Gasteiger partial charge in [0.2, 0.25) is 0 Å². The van der Waals surface area contributed by atoms with Crippen LogP contribution in [0.1, 0.15) is 36.4 Å². The lowest BCUT2D eigenvalue weighted by atomic mass is 9.93. The van der Waals surface area contributed by atoms with Crippen molar-refractivity contribution >= 4 is 21.6 Å². The average Bonchev–Trinajstić information content (AvgIpc) is 2.80. The van der Waals surface area contributed by atoms with Crippen LogP contribution in [0.25, 0.3) is 10.2 Å². The van der Waals surface area contributed by atoms with E-state index in [1.807, 2.05) is 0 Å². The van der Waals surface area contributed by atoms with E-state index in [4.69, 9.17) is 0 Å². The predicted molar refractivity (Wildman–Crippen MR) is 73.8 cm³/mol. The van der Waals surface area contributed by atoms with E-state index >= 15 is 0 Å². The number of nitrogens with zero attached hydrogens (tertiary/aromatic N) is 1. The Morgan fingerprint density at radius 1 is 1.35 bits per heavy atom. The second kappa shape index (κ2) is 5.00. The summed E-state index contributed by atoms with van der Waals surface area (Å²) < 4.78 is 38.9. The molecule has 2 heterocycles. The van der Waals surface area contributed by atoms with Crippen molar-refractivity contribution in [1.29, 1.82) is 0 Å². The number of aromatic nitrogens is 1. The highest BCUT2D eigenvalue weighted by molar-refractivity contribution is 7.18. The first-order valence-electron chi connectivity index (χ1n) is 6.66. The van der Waals surface area contributed by atoms with Gasteiger partial charge in [0.1, 0.15) is 5.01 Å². The highest BCUT2D eigenvalue weighted by Crippen LogP contribution is 2.36. The maximum absolute atomic E-state index is 12.7. The van der Waals surface area contributed by atoms with Crippen molar-refractivity contribution in [3.8, 4) is 0 Å². The summed E-state index contributed by atoms with van der Waals surface area (Å²) in [5.41, 5.74) is -0.189. The monoisotopic (exact) mass is 300 g/mol. The predicted octanol–water partition coefficient (Wildman–Crippen LogP) is 4.38. The van der Waals surface area contributed by atoms with Crippen molar-refractivity contribution in [2.24, 2.45) is 5.92 Å². The fraction of sp³-hybridized carbons (Fsp3) is 0.500. The number of benzene rings is 1. The second-order valence-corrected chi connectivity index (χ2v) is 6.35. The number of hydrogen-bond acceptors (Lipinski definition) is 3. The van der Waals surface area contributed by atoms with Gasteiger partial charge in [-0.25, -0.2) is 4.98 Å². The van der Waals surface area contributed by atoms with Crippen LogP contribution in [0.5, 0.6) is 0 Å². The largest absolute Gasteiger partial charge is 0.416 e. The molecule has 0 radical (unpaired) electrons. The van der Waals surface area contributed by atoms with Crippen LogP contribution in [-0.4, -0.2) is 11.5 Å². The molecule has 0 saturated carbocycles. The molecule has 1 aromatic heterocycles. The maximum atomic E-state index is 12.7. The Bertz CT molecular complexity index is 620. The summed E-state index contributed by atoms with van der Waals surface area (Å²) in [5, 5.41) is 4.31. The second-order valence-electron chi connectivity index (χ2n) is 5.28. The molecule has 1 N–H and O–H groups in total. The first kappa shape index (κ1) is 13.8. The molecule has 6 heteroatoms. The van der Waals surface area contributed by atoms with Crippen LogP contribution in [0.2, 0.25) is 0 Å². The number of fused-ring (bicyclic) bond motifs is 1. The molecule has 2 nitrogen and oxygen atoms in total. The number of rotatable bonds is 1. The Kier molecular flexibility index (Phi) is 3.46.